The number of nitrogens with one attached hydrogen (secondary N) is 1. The number of rotatable bonds is 5. The summed E-state index contributed by atoms with van der Waals surface area (Å²) in [5, 5.41) is 2.91. The maximum Gasteiger partial charge on any atom is 0.262 e. The molecule has 5 nitrogen and oxygen atoms in total. The Morgan fingerprint density at radius 1 is 1.20 bits per heavy atom. The maximum absolute atomic E-state index is 12.4. The molecule has 3 aromatic rings. The summed E-state index contributed by atoms with van der Waals surface area (Å²) in [6, 6.07) is 9.92. The van der Waals surface area contributed by atoms with E-state index < -0.39 is 0 Å². The average Bonchev–Trinajstić information content (AvgIpc) is 3.04. The van der Waals surface area contributed by atoms with E-state index in [0.29, 0.717) is 11.6 Å². The van der Waals surface area contributed by atoms with Crippen LogP contribution in [0.15, 0.2) is 30.3 Å². The van der Waals surface area contributed by atoms with Crippen LogP contribution < -0.4 is 10.1 Å². The molecular formula is C19H21N3O2S. The van der Waals surface area contributed by atoms with E-state index >= 15 is 0 Å². The largest absolute Gasteiger partial charge is 0.483 e. The lowest BCUT2D eigenvalue weighted by Crippen LogP contribution is -2.21. The topological polar surface area (TPSA) is 64.1 Å². The number of ether oxygens (including phenoxy) is 1. The van der Waals surface area contributed by atoms with E-state index in [1.165, 1.54) is 0 Å². The quantitative estimate of drug-likeness (QED) is 0.734. The van der Waals surface area contributed by atoms with Crippen LogP contribution in [0.4, 0.5) is 5.69 Å². The lowest BCUT2D eigenvalue weighted by atomic mass is 10.0. The molecule has 130 valence electrons. The van der Waals surface area contributed by atoms with Gasteiger partial charge in [-0.25, -0.2) is 0 Å². The van der Waals surface area contributed by atoms with Gasteiger partial charge in [0.1, 0.15) is 16.8 Å². The summed E-state index contributed by atoms with van der Waals surface area (Å²) < 4.78 is 14.3. The van der Waals surface area contributed by atoms with Gasteiger partial charge in [-0.3, -0.25) is 4.79 Å². The van der Waals surface area contributed by atoms with E-state index in [0.717, 1.165) is 45.2 Å². The van der Waals surface area contributed by atoms with Crippen LogP contribution in [-0.4, -0.2) is 21.3 Å². The molecule has 0 aliphatic heterocycles. The van der Waals surface area contributed by atoms with Gasteiger partial charge in [0.05, 0.1) is 17.4 Å². The van der Waals surface area contributed by atoms with Crippen LogP contribution >= 0.6 is 11.7 Å². The number of benzene rings is 2. The van der Waals surface area contributed by atoms with E-state index in [4.69, 9.17) is 4.74 Å². The van der Waals surface area contributed by atoms with Crippen LogP contribution in [0.3, 0.4) is 0 Å². The van der Waals surface area contributed by atoms with Gasteiger partial charge < -0.3 is 10.1 Å². The highest BCUT2D eigenvalue weighted by Crippen LogP contribution is 2.28. The molecule has 2 aromatic carbocycles. The minimum Gasteiger partial charge on any atom is -0.483 e. The van der Waals surface area contributed by atoms with Crippen LogP contribution in [-0.2, 0) is 4.79 Å². The minimum absolute atomic E-state index is 0.0451. The molecule has 0 aliphatic carbocycles. The summed E-state index contributed by atoms with van der Waals surface area (Å²) in [5.74, 6) is 0.881. The third-order valence-electron chi connectivity index (χ3n) is 4.05. The van der Waals surface area contributed by atoms with Crippen molar-refractivity contribution in [2.24, 2.45) is 0 Å². The van der Waals surface area contributed by atoms with Crippen LogP contribution in [0.1, 0.15) is 36.5 Å². The zero-order chi connectivity index (χ0) is 18.0. The van der Waals surface area contributed by atoms with Crippen LogP contribution in [0.25, 0.3) is 11.0 Å². The first-order chi connectivity index (χ1) is 12.0. The lowest BCUT2D eigenvalue weighted by Gasteiger charge is -2.15. The highest BCUT2D eigenvalue weighted by Gasteiger charge is 2.14. The van der Waals surface area contributed by atoms with Gasteiger partial charge in [0.2, 0.25) is 0 Å². The predicted octanol–water partition coefficient (Wildman–Crippen LogP) is 4.45. The molecule has 1 heterocycles. The Labute approximate surface area is 151 Å². The second-order valence-corrected chi connectivity index (χ2v) is 6.95. The second kappa shape index (κ2) is 7.19. The average molecular weight is 355 g/mol. The number of carbonyl (C=O) groups excluding carboxylic acids is 1. The molecule has 1 N–H and O–H groups in total. The number of fused-ring (bicyclic) bond motifs is 1. The first-order valence-electron chi connectivity index (χ1n) is 8.20. The Balaban J connectivity index is 1.74. The van der Waals surface area contributed by atoms with Crippen LogP contribution in [0, 0.1) is 13.8 Å². The maximum atomic E-state index is 12.4. The number of hydrogen-bond donors (Lipinski definition) is 1. The van der Waals surface area contributed by atoms with E-state index in [9.17, 15) is 4.79 Å². The van der Waals surface area contributed by atoms with Crippen molar-refractivity contribution in [3.8, 4) is 5.75 Å². The molecule has 0 unspecified atom stereocenters. The SMILES string of the molecule is Cc1ccc(C(C)C)c(OCC(=O)Nc2c(C)ccc3nsnc23)c1. The van der Waals surface area contributed by atoms with Crippen molar-refractivity contribution in [2.45, 2.75) is 33.6 Å². The summed E-state index contributed by atoms with van der Waals surface area (Å²) >= 11 is 1.14. The van der Waals surface area contributed by atoms with Gasteiger partial charge in [-0.2, -0.15) is 8.75 Å². The Morgan fingerprint density at radius 3 is 2.76 bits per heavy atom. The van der Waals surface area contributed by atoms with E-state index in [1.54, 1.807) is 0 Å². The Morgan fingerprint density at radius 2 is 2.00 bits per heavy atom. The molecule has 0 spiro atoms. The summed E-state index contributed by atoms with van der Waals surface area (Å²) in [7, 11) is 0. The third kappa shape index (κ3) is 3.79. The first kappa shape index (κ1) is 17.4. The smallest absolute Gasteiger partial charge is 0.262 e. The highest BCUT2D eigenvalue weighted by molar-refractivity contribution is 7.00. The fourth-order valence-corrected chi connectivity index (χ4v) is 3.22. The molecule has 0 atom stereocenters. The molecule has 0 radical (unpaired) electrons. The van der Waals surface area contributed by atoms with Crippen molar-refractivity contribution in [1.29, 1.82) is 0 Å². The van der Waals surface area contributed by atoms with Crippen molar-refractivity contribution in [3.63, 3.8) is 0 Å². The number of amides is 1. The molecule has 1 aromatic heterocycles. The number of aryl methyl sites for hydroxylation is 2. The van der Waals surface area contributed by atoms with Gasteiger partial charge in [-0.15, -0.1) is 0 Å². The molecule has 25 heavy (non-hydrogen) atoms. The molecule has 1 amide bonds. The summed E-state index contributed by atoms with van der Waals surface area (Å²) in [5.41, 5.74) is 5.36. The molecule has 0 saturated carbocycles. The van der Waals surface area contributed by atoms with Crippen molar-refractivity contribution < 1.29 is 9.53 Å². The molecule has 0 aliphatic rings. The number of aromatic nitrogens is 2. The molecule has 6 heteroatoms. The number of nitrogens with zero attached hydrogens (tertiary/aromatic N) is 2. The van der Waals surface area contributed by atoms with E-state index in [1.807, 2.05) is 32.0 Å². The van der Waals surface area contributed by atoms with Crippen LogP contribution in [0.2, 0.25) is 0 Å². The van der Waals surface area contributed by atoms with Gasteiger partial charge in [0.15, 0.2) is 6.61 Å². The van der Waals surface area contributed by atoms with Gasteiger partial charge in [-0.1, -0.05) is 32.0 Å². The van der Waals surface area contributed by atoms with Crippen molar-refractivity contribution in [2.75, 3.05) is 11.9 Å². The Hall–Kier alpha value is -2.47. The van der Waals surface area contributed by atoms with E-state index in [-0.39, 0.29) is 12.5 Å². The lowest BCUT2D eigenvalue weighted by molar-refractivity contribution is -0.118. The van der Waals surface area contributed by atoms with Crippen molar-refractivity contribution in [3.05, 3.63) is 47.0 Å². The second-order valence-electron chi connectivity index (χ2n) is 6.42. The summed E-state index contributed by atoms with van der Waals surface area (Å²) in [6.07, 6.45) is 0. The monoisotopic (exact) mass is 355 g/mol. The number of hydrogen-bond acceptors (Lipinski definition) is 5. The van der Waals surface area contributed by atoms with E-state index in [2.05, 4.69) is 40.0 Å². The number of anilines is 1. The van der Waals surface area contributed by atoms with Gasteiger partial charge in [0, 0.05) is 0 Å². The molecule has 3 rings (SSSR count). The fraction of sp³-hybridized carbons (Fsp3) is 0.316. The number of carbonyl (C=O) groups is 1. The molecule has 0 saturated heterocycles. The zero-order valence-corrected chi connectivity index (χ0v) is 15.6. The highest BCUT2D eigenvalue weighted by atomic mass is 32.1. The third-order valence-corrected chi connectivity index (χ3v) is 4.59. The summed E-state index contributed by atoms with van der Waals surface area (Å²) in [6.45, 7) is 8.12. The predicted molar refractivity (Wildman–Crippen MR) is 102 cm³/mol. The molecule has 0 bridgehead atoms. The van der Waals surface area contributed by atoms with Gasteiger partial charge in [0.25, 0.3) is 5.91 Å². The standard InChI is InChI=1S/C19H21N3O2S/c1-11(2)14-7-5-12(3)9-16(14)24-10-17(23)20-18-13(4)6-8-15-19(18)22-25-21-15/h5-9,11H,10H2,1-4H3,(H,20,23). The van der Waals surface area contributed by atoms with Gasteiger partial charge >= 0.3 is 0 Å². The minimum atomic E-state index is -0.209. The normalized spacial score (nSPS) is 11.1. The summed E-state index contributed by atoms with van der Waals surface area (Å²) in [4.78, 5) is 12.4. The van der Waals surface area contributed by atoms with Crippen LogP contribution in [0.5, 0.6) is 5.75 Å². The Bertz CT molecular complexity index is 918. The zero-order valence-electron chi connectivity index (χ0n) is 14.8. The first-order valence-corrected chi connectivity index (χ1v) is 8.94. The van der Waals surface area contributed by atoms with Crippen molar-refractivity contribution >= 4 is 34.4 Å². The Kier molecular flexibility index (Phi) is 4.99. The van der Waals surface area contributed by atoms with Gasteiger partial charge in [-0.05, 0) is 48.6 Å². The fourth-order valence-electron chi connectivity index (χ4n) is 2.67. The molecule has 0 fully saturated rings. The molecular weight excluding hydrogens is 334 g/mol. The van der Waals surface area contributed by atoms with Crippen molar-refractivity contribution in [1.82, 2.24) is 8.75 Å².